The first-order chi connectivity index (χ1) is 7.81. The molecule has 0 aliphatic heterocycles. The Morgan fingerprint density at radius 1 is 1.50 bits per heavy atom. The van der Waals surface area contributed by atoms with Gasteiger partial charge in [0.2, 0.25) is 0 Å². The Hall–Kier alpha value is -0.230. The molecule has 1 aliphatic carbocycles. The van der Waals surface area contributed by atoms with E-state index >= 15 is 0 Å². The van der Waals surface area contributed by atoms with Crippen LogP contribution in [0.25, 0.3) is 0 Å². The fourth-order valence-corrected chi connectivity index (χ4v) is 2.51. The van der Waals surface area contributed by atoms with Crippen LogP contribution in [0.15, 0.2) is 0 Å². The molecular formula is C10H16ClN3OS. The first-order valence-electron chi connectivity index (χ1n) is 5.63. The molecule has 0 unspecified atom stereocenters. The number of halogens is 1. The average Bonchev–Trinajstić information content (AvgIpc) is 2.58. The van der Waals surface area contributed by atoms with Crippen LogP contribution in [0.1, 0.15) is 31.4 Å². The van der Waals surface area contributed by atoms with Crippen molar-refractivity contribution in [3.05, 3.63) is 10.0 Å². The quantitative estimate of drug-likeness (QED) is 0.850. The van der Waals surface area contributed by atoms with E-state index < -0.39 is 0 Å². The van der Waals surface area contributed by atoms with Crippen molar-refractivity contribution in [2.24, 2.45) is 0 Å². The molecule has 1 aliphatic rings. The third-order valence-electron chi connectivity index (χ3n) is 3.06. The van der Waals surface area contributed by atoms with E-state index in [9.17, 15) is 0 Å². The lowest BCUT2D eigenvalue weighted by Gasteiger charge is -2.37. The van der Waals surface area contributed by atoms with Gasteiger partial charge < -0.3 is 5.11 Å². The molecule has 0 atom stereocenters. The summed E-state index contributed by atoms with van der Waals surface area (Å²) in [6.45, 7) is 1.92. The number of aromatic nitrogens is 2. The van der Waals surface area contributed by atoms with Gasteiger partial charge in [0, 0.05) is 37.3 Å². The van der Waals surface area contributed by atoms with Crippen LogP contribution in [-0.2, 0) is 6.54 Å². The first-order valence-corrected chi connectivity index (χ1v) is 6.78. The molecule has 0 aromatic carbocycles. The van der Waals surface area contributed by atoms with E-state index in [0.29, 0.717) is 10.4 Å². The number of hydrogen-bond acceptors (Lipinski definition) is 5. The van der Waals surface area contributed by atoms with Gasteiger partial charge in [0.15, 0.2) is 0 Å². The molecule has 1 saturated carbocycles. The van der Waals surface area contributed by atoms with Gasteiger partial charge in [0.05, 0.1) is 0 Å². The Balaban J connectivity index is 1.93. The largest absolute Gasteiger partial charge is 0.396 e. The molecule has 1 fully saturated rings. The maximum Gasteiger partial charge on any atom is 0.138 e. The van der Waals surface area contributed by atoms with Crippen LogP contribution < -0.4 is 0 Å². The van der Waals surface area contributed by atoms with Gasteiger partial charge in [-0.1, -0.05) is 22.5 Å². The Morgan fingerprint density at radius 3 is 2.81 bits per heavy atom. The van der Waals surface area contributed by atoms with Crippen molar-refractivity contribution in [3.63, 3.8) is 0 Å². The van der Waals surface area contributed by atoms with Gasteiger partial charge in [-0.15, -0.1) is 5.10 Å². The Kier molecular flexibility index (Phi) is 4.52. The summed E-state index contributed by atoms with van der Waals surface area (Å²) in [5.74, 6) is 0. The minimum absolute atomic E-state index is 0.242. The highest BCUT2D eigenvalue weighted by Gasteiger charge is 2.25. The SMILES string of the molecule is OCCCN(Cc1nnsc1Cl)C1CCC1. The molecule has 1 N–H and O–H groups in total. The van der Waals surface area contributed by atoms with Crippen molar-refractivity contribution >= 4 is 23.1 Å². The highest BCUT2D eigenvalue weighted by Crippen LogP contribution is 2.28. The normalized spacial score (nSPS) is 16.7. The van der Waals surface area contributed by atoms with E-state index in [4.69, 9.17) is 16.7 Å². The predicted octanol–water partition coefficient (Wildman–Crippen LogP) is 1.93. The molecule has 0 spiro atoms. The molecule has 6 heteroatoms. The zero-order valence-corrected chi connectivity index (χ0v) is 10.7. The maximum atomic E-state index is 8.89. The van der Waals surface area contributed by atoms with Crippen molar-refractivity contribution in [2.75, 3.05) is 13.2 Å². The van der Waals surface area contributed by atoms with Crippen molar-refractivity contribution in [3.8, 4) is 0 Å². The van der Waals surface area contributed by atoms with E-state index in [1.807, 2.05) is 0 Å². The van der Waals surface area contributed by atoms with E-state index in [0.717, 1.165) is 25.2 Å². The lowest BCUT2D eigenvalue weighted by molar-refractivity contribution is 0.108. The highest BCUT2D eigenvalue weighted by molar-refractivity contribution is 7.10. The van der Waals surface area contributed by atoms with Gasteiger partial charge >= 0.3 is 0 Å². The van der Waals surface area contributed by atoms with Crippen LogP contribution in [0, 0.1) is 0 Å². The molecule has 0 bridgehead atoms. The molecule has 1 aromatic heterocycles. The molecule has 0 amide bonds. The van der Waals surface area contributed by atoms with E-state index in [2.05, 4.69) is 14.5 Å². The summed E-state index contributed by atoms with van der Waals surface area (Å²) >= 11 is 7.24. The smallest absolute Gasteiger partial charge is 0.138 e. The van der Waals surface area contributed by atoms with Crippen molar-refractivity contribution in [2.45, 2.75) is 38.3 Å². The predicted molar refractivity (Wildman–Crippen MR) is 64.7 cm³/mol. The van der Waals surface area contributed by atoms with Gasteiger partial charge in [-0.05, 0) is 19.3 Å². The van der Waals surface area contributed by atoms with Gasteiger partial charge in [-0.3, -0.25) is 4.90 Å². The molecule has 1 heterocycles. The fraction of sp³-hybridized carbons (Fsp3) is 0.800. The summed E-state index contributed by atoms with van der Waals surface area (Å²) < 4.78 is 4.53. The van der Waals surface area contributed by atoms with Gasteiger partial charge in [0.1, 0.15) is 10.0 Å². The second kappa shape index (κ2) is 5.91. The van der Waals surface area contributed by atoms with Crippen LogP contribution >= 0.6 is 23.1 Å². The lowest BCUT2D eigenvalue weighted by Crippen LogP contribution is -2.40. The van der Waals surface area contributed by atoms with E-state index in [1.165, 1.54) is 30.8 Å². The van der Waals surface area contributed by atoms with Crippen LogP contribution in [0.3, 0.4) is 0 Å². The number of rotatable bonds is 6. The summed E-state index contributed by atoms with van der Waals surface area (Å²) in [4.78, 5) is 2.36. The Bertz CT molecular complexity index is 330. The van der Waals surface area contributed by atoms with Crippen LogP contribution in [0.4, 0.5) is 0 Å². The molecule has 4 nitrogen and oxygen atoms in total. The van der Waals surface area contributed by atoms with Crippen LogP contribution in [-0.4, -0.2) is 38.8 Å². The fourth-order valence-electron chi connectivity index (χ4n) is 1.90. The van der Waals surface area contributed by atoms with Crippen molar-refractivity contribution in [1.82, 2.24) is 14.5 Å². The second-order valence-corrected chi connectivity index (χ2v) is 5.48. The number of aliphatic hydroxyl groups is 1. The van der Waals surface area contributed by atoms with Gasteiger partial charge in [-0.25, -0.2) is 0 Å². The van der Waals surface area contributed by atoms with E-state index in [1.54, 1.807) is 0 Å². The summed E-state index contributed by atoms with van der Waals surface area (Å²) in [6.07, 6.45) is 4.62. The monoisotopic (exact) mass is 261 g/mol. The van der Waals surface area contributed by atoms with E-state index in [-0.39, 0.29) is 6.61 Å². The first kappa shape index (κ1) is 12.2. The molecular weight excluding hydrogens is 246 g/mol. The molecule has 2 rings (SSSR count). The minimum atomic E-state index is 0.242. The van der Waals surface area contributed by atoms with Crippen LogP contribution in [0.5, 0.6) is 0 Å². The van der Waals surface area contributed by atoms with Crippen LogP contribution in [0.2, 0.25) is 4.34 Å². The zero-order valence-electron chi connectivity index (χ0n) is 9.10. The zero-order chi connectivity index (χ0) is 11.4. The molecule has 0 radical (unpaired) electrons. The third-order valence-corrected chi connectivity index (χ3v) is 4.04. The Morgan fingerprint density at radius 2 is 2.31 bits per heavy atom. The summed E-state index contributed by atoms with van der Waals surface area (Å²) in [6, 6.07) is 0.643. The van der Waals surface area contributed by atoms with Gasteiger partial charge in [-0.2, -0.15) is 0 Å². The summed E-state index contributed by atoms with van der Waals surface area (Å²) in [5.41, 5.74) is 0.872. The Labute approximate surface area is 104 Å². The standard InChI is InChI=1S/C10H16ClN3OS/c11-10-9(12-13-16-10)7-14(5-2-6-15)8-3-1-4-8/h8,15H,1-7H2. The maximum absolute atomic E-state index is 8.89. The topological polar surface area (TPSA) is 49.2 Å². The number of hydrogen-bond donors (Lipinski definition) is 1. The third kappa shape index (κ3) is 2.91. The number of nitrogens with zero attached hydrogens (tertiary/aromatic N) is 3. The molecule has 90 valence electrons. The molecule has 16 heavy (non-hydrogen) atoms. The average molecular weight is 262 g/mol. The van der Waals surface area contributed by atoms with Crippen molar-refractivity contribution < 1.29 is 5.11 Å². The van der Waals surface area contributed by atoms with Crippen molar-refractivity contribution in [1.29, 1.82) is 0 Å². The van der Waals surface area contributed by atoms with Gasteiger partial charge in [0.25, 0.3) is 0 Å². The summed E-state index contributed by atoms with van der Waals surface area (Å²) in [5, 5.41) is 12.9. The second-order valence-electron chi connectivity index (χ2n) is 4.13. The molecule has 0 saturated heterocycles. The highest BCUT2D eigenvalue weighted by atomic mass is 35.5. The minimum Gasteiger partial charge on any atom is -0.396 e. The number of aliphatic hydroxyl groups excluding tert-OH is 1. The summed E-state index contributed by atoms with van der Waals surface area (Å²) in [7, 11) is 0. The lowest BCUT2D eigenvalue weighted by atomic mass is 9.91. The molecule has 1 aromatic rings.